The van der Waals surface area contributed by atoms with Crippen LogP contribution in [0.15, 0.2) is 53.0 Å². The number of hydrogen-bond acceptors (Lipinski definition) is 2. The molecule has 1 amide bonds. The number of anilines is 1. The van der Waals surface area contributed by atoms with E-state index in [2.05, 4.69) is 21.2 Å². The van der Waals surface area contributed by atoms with Crippen LogP contribution in [0.1, 0.15) is 25.0 Å². The molecule has 0 unspecified atom stereocenters. The van der Waals surface area contributed by atoms with Crippen molar-refractivity contribution in [3.63, 3.8) is 0 Å². The summed E-state index contributed by atoms with van der Waals surface area (Å²) in [4.78, 5) is 12.2. The van der Waals surface area contributed by atoms with Gasteiger partial charge in [-0.1, -0.05) is 40.2 Å². The van der Waals surface area contributed by atoms with Crippen molar-refractivity contribution >= 4 is 27.5 Å². The quantitative estimate of drug-likeness (QED) is 0.830. The maximum atomic E-state index is 12.2. The van der Waals surface area contributed by atoms with E-state index in [0.29, 0.717) is 12.1 Å². The second-order valence-corrected chi connectivity index (χ2v) is 6.52. The first kappa shape index (κ1) is 15.6. The lowest BCUT2D eigenvalue weighted by Crippen LogP contribution is -2.41. The van der Waals surface area contributed by atoms with Crippen molar-refractivity contribution in [2.24, 2.45) is 0 Å². The number of nitrogen functional groups attached to an aromatic ring is 1. The van der Waals surface area contributed by atoms with Gasteiger partial charge in [-0.05, 0) is 49.2 Å². The van der Waals surface area contributed by atoms with Crippen LogP contribution in [0.25, 0.3) is 0 Å². The topological polar surface area (TPSA) is 55.1 Å². The highest BCUT2D eigenvalue weighted by molar-refractivity contribution is 9.10. The molecule has 2 aromatic carbocycles. The van der Waals surface area contributed by atoms with E-state index in [1.54, 1.807) is 0 Å². The molecule has 0 radical (unpaired) electrons. The summed E-state index contributed by atoms with van der Waals surface area (Å²) >= 11 is 3.41. The Labute approximate surface area is 133 Å². The molecule has 0 fully saturated rings. The van der Waals surface area contributed by atoms with E-state index in [-0.39, 0.29) is 5.91 Å². The summed E-state index contributed by atoms with van der Waals surface area (Å²) in [5.74, 6) is -0.0199. The van der Waals surface area contributed by atoms with Crippen molar-refractivity contribution in [3.05, 3.63) is 64.1 Å². The fourth-order valence-electron chi connectivity index (χ4n) is 2.22. The lowest BCUT2D eigenvalue weighted by Gasteiger charge is -2.27. The molecule has 0 aliphatic rings. The molecule has 0 heterocycles. The molecule has 0 aliphatic heterocycles. The Hall–Kier alpha value is -1.81. The van der Waals surface area contributed by atoms with Gasteiger partial charge >= 0.3 is 0 Å². The van der Waals surface area contributed by atoms with Crippen molar-refractivity contribution < 1.29 is 4.79 Å². The molecule has 21 heavy (non-hydrogen) atoms. The van der Waals surface area contributed by atoms with Crippen LogP contribution in [0, 0.1) is 0 Å². The molecule has 0 atom stereocenters. The maximum Gasteiger partial charge on any atom is 0.225 e. The van der Waals surface area contributed by atoms with E-state index in [0.717, 1.165) is 15.6 Å². The van der Waals surface area contributed by atoms with Crippen molar-refractivity contribution in [2.45, 2.75) is 25.8 Å². The Morgan fingerprint density at radius 3 is 2.48 bits per heavy atom. The SMILES string of the molecule is CC(C)(NC(=O)Cc1cccc(N)c1)c1ccc(Br)cc1. The molecule has 3 N–H and O–H groups in total. The molecule has 3 nitrogen and oxygen atoms in total. The Morgan fingerprint density at radius 1 is 1.19 bits per heavy atom. The summed E-state index contributed by atoms with van der Waals surface area (Å²) in [5.41, 5.74) is 7.96. The first-order chi connectivity index (χ1) is 9.87. The third kappa shape index (κ3) is 4.33. The molecule has 110 valence electrons. The first-order valence-corrected chi connectivity index (χ1v) is 7.57. The molecule has 0 aromatic heterocycles. The highest BCUT2D eigenvalue weighted by Crippen LogP contribution is 2.22. The van der Waals surface area contributed by atoms with Crippen molar-refractivity contribution in [2.75, 3.05) is 5.73 Å². The van der Waals surface area contributed by atoms with Crippen LogP contribution in [0.5, 0.6) is 0 Å². The number of carbonyl (C=O) groups is 1. The molecular weight excluding hydrogens is 328 g/mol. The Morgan fingerprint density at radius 2 is 1.86 bits per heavy atom. The van der Waals surface area contributed by atoms with E-state index >= 15 is 0 Å². The van der Waals surface area contributed by atoms with Crippen LogP contribution in [0.3, 0.4) is 0 Å². The molecule has 0 bridgehead atoms. The van der Waals surface area contributed by atoms with Gasteiger partial charge in [0.1, 0.15) is 0 Å². The summed E-state index contributed by atoms with van der Waals surface area (Å²) in [6.07, 6.45) is 0.324. The minimum Gasteiger partial charge on any atom is -0.399 e. The van der Waals surface area contributed by atoms with Gasteiger partial charge in [0.2, 0.25) is 5.91 Å². The van der Waals surface area contributed by atoms with E-state index < -0.39 is 5.54 Å². The van der Waals surface area contributed by atoms with Gasteiger partial charge in [-0.3, -0.25) is 4.79 Å². The molecule has 4 heteroatoms. The highest BCUT2D eigenvalue weighted by atomic mass is 79.9. The summed E-state index contributed by atoms with van der Waals surface area (Å²) in [6, 6.07) is 15.4. The molecule has 2 aromatic rings. The van der Waals surface area contributed by atoms with Gasteiger partial charge in [0.25, 0.3) is 0 Å². The monoisotopic (exact) mass is 346 g/mol. The van der Waals surface area contributed by atoms with Gasteiger partial charge in [0.15, 0.2) is 0 Å². The smallest absolute Gasteiger partial charge is 0.225 e. The maximum absolute atomic E-state index is 12.2. The lowest BCUT2D eigenvalue weighted by atomic mass is 9.94. The third-order valence-electron chi connectivity index (χ3n) is 3.33. The summed E-state index contributed by atoms with van der Waals surface area (Å²) in [5, 5.41) is 3.06. The first-order valence-electron chi connectivity index (χ1n) is 6.78. The number of carbonyl (C=O) groups excluding carboxylic acids is 1. The minimum absolute atomic E-state index is 0.0199. The van der Waals surface area contributed by atoms with Gasteiger partial charge in [0.05, 0.1) is 12.0 Å². The van der Waals surface area contributed by atoms with Crippen LogP contribution < -0.4 is 11.1 Å². The highest BCUT2D eigenvalue weighted by Gasteiger charge is 2.22. The summed E-state index contributed by atoms with van der Waals surface area (Å²) < 4.78 is 1.02. The zero-order valence-electron chi connectivity index (χ0n) is 12.2. The van der Waals surface area contributed by atoms with Crippen molar-refractivity contribution in [1.29, 1.82) is 0 Å². The Bertz CT molecular complexity index is 635. The number of hydrogen-bond donors (Lipinski definition) is 2. The largest absolute Gasteiger partial charge is 0.399 e. The van der Waals surface area contributed by atoms with Crippen LogP contribution in [-0.2, 0) is 16.8 Å². The number of halogens is 1. The predicted octanol–water partition coefficient (Wildman–Crippen LogP) is 3.63. The standard InChI is InChI=1S/C17H19BrN2O/c1-17(2,13-6-8-14(18)9-7-13)20-16(21)11-12-4-3-5-15(19)10-12/h3-10H,11,19H2,1-2H3,(H,20,21). The van der Waals surface area contributed by atoms with Crippen molar-refractivity contribution in [1.82, 2.24) is 5.32 Å². The minimum atomic E-state index is -0.419. The average Bonchev–Trinajstić information content (AvgIpc) is 2.38. The van der Waals surface area contributed by atoms with E-state index in [1.807, 2.05) is 62.4 Å². The van der Waals surface area contributed by atoms with E-state index in [4.69, 9.17) is 5.73 Å². The average molecular weight is 347 g/mol. The number of nitrogens with one attached hydrogen (secondary N) is 1. The van der Waals surface area contributed by atoms with Crippen molar-refractivity contribution in [3.8, 4) is 0 Å². The molecule has 0 saturated heterocycles. The lowest BCUT2D eigenvalue weighted by molar-refractivity contribution is -0.122. The Kier molecular flexibility index (Phi) is 4.68. The molecular formula is C17H19BrN2O. The van der Waals surface area contributed by atoms with Crippen LogP contribution in [0.2, 0.25) is 0 Å². The molecule has 0 saturated carbocycles. The zero-order valence-corrected chi connectivity index (χ0v) is 13.8. The molecule has 2 rings (SSSR count). The molecule has 0 aliphatic carbocycles. The van der Waals surface area contributed by atoms with Crippen LogP contribution in [0.4, 0.5) is 5.69 Å². The van der Waals surface area contributed by atoms with Crippen LogP contribution >= 0.6 is 15.9 Å². The van der Waals surface area contributed by atoms with Gasteiger partial charge in [-0.2, -0.15) is 0 Å². The number of nitrogens with two attached hydrogens (primary N) is 1. The van der Waals surface area contributed by atoms with E-state index in [1.165, 1.54) is 0 Å². The van der Waals surface area contributed by atoms with Gasteiger partial charge in [-0.15, -0.1) is 0 Å². The zero-order chi connectivity index (χ0) is 15.5. The predicted molar refractivity (Wildman–Crippen MR) is 89.9 cm³/mol. The normalized spacial score (nSPS) is 11.2. The van der Waals surface area contributed by atoms with Gasteiger partial charge in [-0.25, -0.2) is 0 Å². The summed E-state index contributed by atoms with van der Waals surface area (Å²) in [7, 11) is 0. The van der Waals surface area contributed by atoms with E-state index in [9.17, 15) is 4.79 Å². The summed E-state index contributed by atoms with van der Waals surface area (Å²) in [6.45, 7) is 3.99. The Balaban J connectivity index is 2.05. The van der Waals surface area contributed by atoms with Gasteiger partial charge in [0, 0.05) is 10.2 Å². The fraction of sp³-hybridized carbons (Fsp3) is 0.235. The van der Waals surface area contributed by atoms with Gasteiger partial charge < -0.3 is 11.1 Å². The second-order valence-electron chi connectivity index (χ2n) is 5.60. The number of rotatable bonds is 4. The number of amides is 1. The fourth-order valence-corrected chi connectivity index (χ4v) is 2.48. The van der Waals surface area contributed by atoms with Crippen LogP contribution in [-0.4, -0.2) is 5.91 Å². The second kappa shape index (κ2) is 6.31. The number of benzene rings is 2. The molecule has 0 spiro atoms. The third-order valence-corrected chi connectivity index (χ3v) is 3.86.